The van der Waals surface area contributed by atoms with E-state index in [0.717, 1.165) is 31.8 Å². The van der Waals surface area contributed by atoms with Crippen LogP contribution < -0.4 is 10.1 Å². The lowest BCUT2D eigenvalue weighted by Gasteiger charge is -2.23. The zero-order valence-electron chi connectivity index (χ0n) is 14.1. The van der Waals surface area contributed by atoms with E-state index in [1.165, 1.54) is 5.56 Å². The zero-order chi connectivity index (χ0) is 19.0. The number of nitrogens with one attached hydrogen (secondary N) is 1. The number of carboxylic acid groups (broad SMARTS) is 1. The summed E-state index contributed by atoms with van der Waals surface area (Å²) in [5, 5.41) is 20.0. The predicted octanol–water partition coefficient (Wildman–Crippen LogP) is 1.66. The molecule has 1 unspecified atom stereocenters. The number of aliphatic carboxylic acids is 1. The van der Waals surface area contributed by atoms with E-state index in [1.807, 2.05) is 19.2 Å². The molecule has 1 saturated heterocycles. The van der Waals surface area contributed by atoms with Crippen molar-refractivity contribution < 1.29 is 32.9 Å². The molecule has 0 aromatic heterocycles. The number of alkyl halides is 3. The summed E-state index contributed by atoms with van der Waals surface area (Å²) >= 11 is 0. The Bertz CT molecular complexity index is 554. The first-order valence-electron chi connectivity index (χ1n) is 7.69. The Morgan fingerprint density at radius 1 is 1.48 bits per heavy atom. The van der Waals surface area contributed by atoms with Crippen molar-refractivity contribution in [2.45, 2.75) is 24.7 Å². The highest BCUT2D eigenvalue weighted by molar-refractivity contribution is 5.73. The number of benzene rings is 1. The number of hydrogen-bond donors (Lipinski definition) is 3. The van der Waals surface area contributed by atoms with Crippen LogP contribution in [-0.4, -0.2) is 67.2 Å². The first-order valence-corrected chi connectivity index (χ1v) is 7.69. The van der Waals surface area contributed by atoms with Crippen molar-refractivity contribution in [1.82, 2.24) is 10.2 Å². The van der Waals surface area contributed by atoms with Gasteiger partial charge in [-0.1, -0.05) is 12.1 Å². The van der Waals surface area contributed by atoms with Crippen molar-refractivity contribution in [3.05, 3.63) is 29.8 Å². The maximum atomic E-state index is 10.6. The van der Waals surface area contributed by atoms with Gasteiger partial charge in [0.15, 0.2) is 0 Å². The Kier molecular flexibility index (Phi) is 8.14. The van der Waals surface area contributed by atoms with Crippen molar-refractivity contribution in [2.75, 3.05) is 33.8 Å². The van der Waals surface area contributed by atoms with Crippen LogP contribution in [0.2, 0.25) is 0 Å². The first-order chi connectivity index (χ1) is 11.7. The molecule has 6 nitrogen and oxygen atoms in total. The van der Waals surface area contributed by atoms with Gasteiger partial charge >= 0.3 is 12.1 Å². The van der Waals surface area contributed by atoms with Gasteiger partial charge in [-0.3, -0.25) is 4.90 Å². The van der Waals surface area contributed by atoms with Gasteiger partial charge < -0.3 is 20.3 Å². The maximum absolute atomic E-state index is 10.6. The number of likely N-dealkylation sites (N-methyl/N-ethyl adjacent to an activating group) is 1. The minimum atomic E-state index is -5.08. The van der Waals surface area contributed by atoms with E-state index >= 15 is 0 Å². The maximum Gasteiger partial charge on any atom is 0.490 e. The third-order valence-corrected chi connectivity index (χ3v) is 3.78. The predicted molar refractivity (Wildman–Crippen MR) is 85.5 cm³/mol. The van der Waals surface area contributed by atoms with Crippen LogP contribution in [0.4, 0.5) is 13.2 Å². The van der Waals surface area contributed by atoms with Crippen molar-refractivity contribution in [2.24, 2.45) is 0 Å². The van der Waals surface area contributed by atoms with Crippen LogP contribution in [0.3, 0.4) is 0 Å². The number of hydrogen-bond acceptors (Lipinski definition) is 5. The van der Waals surface area contributed by atoms with Gasteiger partial charge in [0.25, 0.3) is 0 Å². The molecule has 0 radical (unpaired) electrons. The molecule has 2 rings (SSSR count). The lowest BCUT2D eigenvalue weighted by Crippen LogP contribution is -2.33. The van der Waals surface area contributed by atoms with Crippen LogP contribution in [0.1, 0.15) is 18.0 Å². The molecule has 2 atom stereocenters. The Balaban J connectivity index is 0.000000381. The fourth-order valence-corrected chi connectivity index (χ4v) is 2.46. The van der Waals surface area contributed by atoms with Crippen molar-refractivity contribution in [3.63, 3.8) is 0 Å². The average Bonchev–Trinajstić information content (AvgIpc) is 2.97. The summed E-state index contributed by atoms with van der Waals surface area (Å²) in [6.45, 7) is 2.67. The molecule has 0 spiro atoms. The van der Waals surface area contributed by atoms with Crippen LogP contribution in [0.5, 0.6) is 5.75 Å². The van der Waals surface area contributed by atoms with E-state index in [9.17, 15) is 18.3 Å². The van der Waals surface area contributed by atoms with Gasteiger partial charge in [0, 0.05) is 25.7 Å². The quantitative estimate of drug-likeness (QED) is 0.737. The highest BCUT2D eigenvalue weighted by Gasteiger charge is 2.38. The molecular weight excluding hydrogens is 341 g/mol. The Labute approximate surface area is 144 Å². The lowest BCUT2D eigenvalue weighted by atomic mass is 10.1. The van der Waals surface area contributed by atoms with Gasteiger partial charge in [-0.05, 0) is 31.2 Å². The van der Waals surface area contributed by atoms with Crippen LogP contribution in [0, 0.1) is 0 Å². The summed E-state index contributed by atoms with van der Waals surface area (Å²) in [4.78, 5) is 11.2. The number of halogens is 3. The van der Waals surface area contributed by atoms with Gasteiger partial charge in [-0.15, -0.1) is 0 Å². The SMILES string of the molecule is CN[C@H](CN1CCC(O)C1)c1cccc(OC)c1.O=C(O)C(F)(F)F. The Morgan fingerprint density at radius 2 is 2.12 bits per heavy atom. The Morgan fingerprint density at radius 3 is 2.56 bits per heavy atom. The van der Waals surface area contributed by atoms with Gasteiger partial charge in [-0.2, -0.15) is 13.2 Å². The third kappa shape index (κ3) is 7.29. The van der Waals surface area contributed by atoms with Gasteiger partial charge in [-0.25, -0.2) is 4.79 Å². The van der Waals surface area contributed by atoms with Crippen LogP contribution >= 0.6 is 0 Å². The number of likely N-dealkylation sites (tertiary alicyclic amines) is 1. The molecule has 0 amide bonds. The van der Waals surface area contributed by atoms with Crippen molar-refractivity contribution >= 4 is 5.97 Å². The van der Waals surface area contributed by atoms with E-state index in [-0.39, 0.29) is 12.1 Å². The molecule has 1 aliphatic rings. The summed E-state index contributed by atoms with van der Waals surface area (Å²) < 4.78 is 37.0. The molecule has 25 heavy (non-hydrogen) atoms. The summed E-state index contributed by atoms with van der Waals surface area (Å²) in [5.41, 5.74) is 1.22. The summed E-state index contributed by atoms with van der Waals surface area (Å²) in [5.74, 6) is -1.87. The van der Waals surface area contributed by atoms with Crippen LogP contribution in [0.15, 0.2) is 24.3 Å². The molecule has 1 aliphatic heterocycles. The molecule has 0 bridgehead atoms. The van der Waals surface area contributed by atoms with E-state index in [4.69, 9.17) is 14.6 Å². The summed E-state index contributed by atoms with van der Waals surface area (Å²) in [6.07, 6.45) is -4.36. The number of carboxylic acids is 1. The van der Waals surface area contributed by atoms with E-state index < -0.39 is 12.1 Å². The van der Waals surface area contributed by atoms with Crippen molar-refractivity contribution in [3.8, 4) is 5.75 Å². The van der Waals surface area contributed by atoms with Gasteiger partial charge in [0.1, 0.15) is 5.75 Å². The number of carbonyl (C=O) groups is 1. The molecule has 9 heteroatoms. The number of aliphatic hydroxyl groups excluding tert-OH is 1. The van der Waals surface area contributed by atoms with Crippen LogP contribution in [0.25, 0.3) is 0 Å². The molecule has 1 aromatic rings. The highest BCUT2D eigenvalue weighted by atomic mass is 19.4. The summed E-state index contributed by atoms with van der Waals surface area (Å²) in [6, 6.07) is 8.40. The molecule has 0 saturated carbocycles. The largest absolute Gasteiger partial charge is 0.497 e. The number of methoxy groups -OCH3 is 1. The number of rotatable bonds is 5. The van der Waals surface area contributed by atoms with Crippen LogP contribution in [-0.2, 0) is 4.79 Å². The van der Waals surface area contributed by atoms with Gasteiger partial charge in [0.05, 0.1) is 13.2 Å². The number of ether oxygens (including phenoxy) is 1. The van der Waals surface area contributed by atoms with E-state index in [2.05, 4.69) is 22.3 Å². The van der Waals surface area contributed by atoms with Crippen molar-refractivity contribution in [1.29, 1.82) is 0 Å². The summed E-state index contributed by atoms with van der Waals surface area (Å²) in [7, 11) is 3.65. The van der Waals surface area contributed by atoms with E-state index in [1.54, 1.807) is 7.11 Å². The molecule has 142 valence electrons. The fraction of sp³-hybridized carbons (Fsp3) is 0.562. The fourth-order valence-electron chi connectivity index (χ4n) is 2.46. The minimum absolute atomic E-state index is 0.159. The highest BCUT2D eigenvalue weighted by Crippen LogP contribution is 2.21. The second-order valence-corrected chi connectivity index (χ2v) is 5.62. The lowest BCUT2D eigenvalue weighted by molar-refractivity contribution is -0.192. The smallest absolute Gasteiger partial charge is 0.490 e. The van der Waals surface area contributed by atoms with E-state index in [0.29, 0.717) is 0 Å². The average molecular weight is 364 g/mol. The standard InChI is InChI=1S/C14H22N2O2.C2HF3O2/c1-15-14(10-16-7-6-12(17)9-16)11-4-3-5-13(8-11)18-2;3-2(4,5)1(6)7/h3-5,8,12,14-15,17H,6-7,9-10H2,1-2H3;(H,6,7)/t12?,14-;/m1./s1. The normalized spacial score (nSPS) is 19.0. The number of aliphatic hydroxyl groups is 1. The minimum Gasteiger partial charge on any atom is -0.497 e. The molecule has 1 aromatic carbocycles. The number of nitrogens with zero attached hydrogens (tertiary/aromatic N) is 1. The molecule has 0 aliphatic carbocycles. The topological polar surface area (TPSA) is 82.0 Å². The first kappa shape index (κ1) is 21.2. The molecule has 1 fully saturated rings. The zero-order valence-corrected chi connectivity index (χ0v) is 14.1. The Hall–Kier alpha value is -1.84. The van der Waals surface area contributed by atoms with Gasteiger partial charge in [0.2, 0.25) is 0 Å². The monoisotopic (exact) mass is 364 g/mol. The third-order valence-electron chi connectivity index (χ3n) is 3.78. The second-order valence-electron chi connectivity index (χ2n) is 5.62. The second kappa shape index (κ2) is 9.59. The number of β-amino-alcohol motifs (C(OH)–C–C–N with tert-alkyl or cyclic N) is 1. The molecule has 3 N–H and O–H groups in total. The molecular formula is C16H23F3N2O4. The molecule has 1 heterocycles.